The smallest absolute Gasteiger partial charge is 0.410 e. The Hall–Kier alpha value is -3.33. The molecule has 0 bridgehead atoms. The third-order valence-electron chi connectivity index (χ3n) is 5.02. The molecule has 3 aromatic rings. The topological polar surface area (TPSA) is 77.0 Å². The zero-order chi connectivity index (χ0) is 23.5. The van der Waals surface area contributed by atoms with Crippen LogP contribution in [0.15, 0.2) is 71.7 Å². The van der Waals surface area contributed by atoms with Crippen molar-refractivity contribution in [3.8, 4) is 11.5 Å². The molecule has 0 spiro atoms. The predicted molar refractivity (Wildman–Crippen MR) is 130 cm³/mol. The van der Waals surface area contributed by atoms with Crippen molar-refractivity contribution < 1.29 is 19.0 Å². The Morgan fingerprint density at radius 3 is 2.15 bits per heavy atom. The Labute approximate surface area is 202 Å². The highest BCUT2D eigenvalue weighted by Gasteiger charge is 2.24. The first-order chi connectivity index (χ1) is 16.1. The molecule has 1 fully saturated rings. The number of pyridine rings is 2. The number of anilines is 1. The van der Waals surface area contributed by atoms with Gasteiger partial charge in [0.25, 0.3) is 0 Å². The number of benzene rings is 1. The normalized spacial score (nSPS) is 12.9. The summed E-state index contributed by atoms with van der Waals surface area (Å²) in [5.74, 6) is 1.61. The lowest BCUT2D eigenvalue weighted by atomic mass is 10.2. The van der Waals surface area contributed by atoms with Crippen molar-refractivity contribution in [1.29, 1.82) is 0 Å². The number of carbonyl (C=O) groups is 1. The summed E-state index contributed by atoms with van der Waals surface area (Å²) < 4.78 is 16.6. The maximum Gasteiger partial charge on any atom is 0.410 e. The van der Waals surface area contributed by atoms with E-state index in [1.165, 1.54) is 0 Å². The second-order valence-electron chi connectivity index (χ2n) is 7.07. The molecule has 174 valence electrons. The first kappa shape index (κ1) is 24.3. The maximum absolute atomic E-state index is 12.2. The minimum Gasteiger partial charge on any atom is -0.495 e. The van der Waals surface area contributed by atoms with E-state index in [1.54, 1.807) is 50.0 Å². The van der Waals surface area contributed by atoms with E-state index in [2.05, 4.69) is 30.8 Å². The van der Waals surface area contributed by atoms with Gasteiger partial charge in [-0.05, 0) is 27.6 Å². The number of piperazine rings is 1. The van der Waals surface area contributed by atoms with Gasteiger partial charge in [-0.15, -0.1) is 0 Å². The summed E-state index contributed by atoms with van der Waals surface area (Å²) in [6.07, 6.45) is 6.61. The van der Waals surface area contributed by atoms with Gasteiger partial charge in [0.15, 0.2) is 0 Å². The Morgan fingerprint density at radius 2 is 1.55 bits per heavy atom. The number of hydrogen-bond donors (Lipinski definition) is 0. The molecule has 3 heterocycles. The summed E-state index contributed by atoms with van der Waals surface area (Å²) in [6, 6.07) is 13.3. The molecular weight excluding hydrogens is 488 g/mol. The van der Waals surface area contributed by atoms with Crippen molar-refractivity contribution in [2.45, 2.75) is 6.61 Å². The zero-order valence-corrected chi connectivity index (χ0v) is 20.3. The molecular formula is C24H27BrN4O4. The van der Waals surface area contributed by atoms with Crippen LogP contribution in [0.25, 0.3) is 0 Å². The number of ether oxygens (including phenoxy) is 3. The minimum absolute atomic E-state index is 0.267. The highest BCUT2D eigenvalue weighted by atomic mass is 79.9. The van der Waals surface area contributed by atoms with Gasteiger partial charge >= 0.3 is 6.09 Å². The van der Waals surface area contributed by atoms with Crippen molar-refractivity contribution in [2.24, 2.45) is 0 Å². The molecule has 9 heteroatoms. The van der Waals surface area contributed by atoms with Gasteiger partial charge in [0.1, 0.15) is 18.1 Å². The van der Waals surface area contributed by atoms with Crippen LogP contribution in [0.5, 0.6) is 11.5 Å². The van der Waals surface area contributed by atoms with Crippen molar-refractivity contribution >= 4 is 27.7 Å². The zero-order valence-electron chi connectivity index (χ0n) is 18.7. The van der Waals surface area contributed by atoms with Crippen molar-refractivity contribution in [2.75, 3.05) is 45.3 Å². The summed E-state index contributed by atoms with van der Waals surface area (Å²) >= 11 is 3.27. The molecule has 0 N–H and O–H groups in total. The summed E-state index contributed by atoms with van der Waals surface area (Å²) in [7, 11) is 3.27. The van der Waals surface area contributed by atoms with Crippen LogP contribution in [-0.4, -0.2) is 61.4 Å². The molecule has 33 heavy (non-hydrogen) atoms. The van der Waals surface area contributed by atoms with E-state index in [1.807, 2.05) is 36.4 Å². The van der Waals surface area contributed by atoms with E-state index >= 15 is 0 Å². The Balaban J connectivity index is 0.000000286. The summed E-state index contributed by atoms with van der Waals surface area (Å²) in [5.41, 5.74) is 1.95. The van der Waals surface area contributed by atoms with Gasteiger partial charge in [-0.3, -0.25) is 9.97 Å². The largest absolute Gasteiger partial charge is 0.495 e. The molecule has 1 aliphatic heterocycles. The van der Waals surface area contributed by atoms with Crippen LogP contribution in [0.1, 0.15) is 5.56 Å². The van der Waals surface area contributed by atoms with Gasteiger partial charge in [0.05, 0.1) is 30.6 Å². The fraction of sp³-hybridized carbons (Fsp3) is 0.292. The van der Waals surface area contributed by atoms with Crippen molar-refractivity contribution in [3.05, 3.63) is 77.3 Å². The highest BCUT2D eigenvalue weighted by molar-refractivity contribution is 9.10. The molecule has 8 nitrogen and oxygen atoms in total. The molecule has 0 aliphatic carbocycles. The third-order valence-corrected chi connectivity index (χ3v) is 5.62. The average molecular weight is 515 g/mol. The lowest BCUT2D eigenvalue weighted by Crippen LogP contribution is -2.49. The molecule has 0 unspecified atom stereocenters. The van der Waals surface area contributed by atoms with E-state index in [4.69, 9.17) is 14.2 Å². The Kier molecular flexibility index (Phi) is 9.31. The van der Waals surface area contributed by atoms with Gasteiger partial charge in [-0.1, -0.05) is 30.3 Å². The van der Waals surface area contributed by atoms with Crippen LogP contribution in [0.4, 0.5) is 10.5 Å². The summed E-state index contributed by atoms with van der Waals surface area (Å²) in [6.45, 7) is 2.98. The summed E-state index contributed by atoms with van der Waals surface area (Å²) in [5, 5.41) is 0. The van der Waals surface area contributed by atoms with Crippen LogP contribution >= 0.6 is 15.9 Å². The third kappa shape index (κ3) is 7.08. The lowest BCUT2D eigenvalue weighted by molar-refractivity contribution is 0.0941. The first-order valence-corrected chi connectivity index (χ1v) is 11.2. The molecule has 1 aliphatic rings. The average Bonchev–Trinajstić information content (AvgIpc) is 2.88. The minimum atomic E-state index is -0.267. The van der Waals surface area contributed by atoms with Crippen LogP contribution < -0.4 is 14.4 Å². The number of amides is 1. The van der Waals surface area contributed by atoms with Gasteiger partial charge in [-0.25, -0.2) is 4.79 Å². The standard InChI is InChI=1S/C18H21N3O3.C6H6BrNO/c1-23-17-7-8-19-13-16(17)20-9-11-21(12-10-20)18(22)24-14-15-5-3-2-4-6-15;1-9-6-2-3-8-4-5(6)7/h2-8,13H,9-12,14H2,1H3;2-4H,1H3. The number of halogens is 1. The molecule has 1 aromatic carbocycles. The quantitative estimate of drug-likeness (QED) is 0.499. The number of carbonyl (C=O) groups excluding carboxylic acids is 1. The van der Waals surface area contributed by atoms with E-state index in [0.717, 1.165) is 40.3 Å². The van der Waals surface area contributed by atoms with Crippen LogP contribution in [0.2, 0.25) is 0 Å². The second kappa shape index (κ2) is 12.6. The summed E-state index contributed by atoms with van der Waals surface area (Å²) in [4.78, 5) is 24.1. The molecule has 1 saturated heterocycles. The number of nitrogens with zero attached hydrogens (tertiary/aromatic N) is 4. The SMILES string of the molecule is COc1ccncc1Br.COc1ccncc1N1CCN(C(=O)OCc2ccccc2)CC1. The highest BCUT2D eigenvalue weighted by Crippen LogP contribution is 2.27. The second-order valence-corrected chi connectivity index (χ2v) is 7.93. The number of rotatable bonds is 5. The van der Waals surface area contributed by atoms with E-state index in [9.17, 15) is 4.79 Å². The van der Waals surface area contributed by atoms with Gasteiger partial charge < -0.3 is 24.0 Å². The molecule has 0 radical (unpaired) electrons. The van der Waals surface area contributed by atoms with Gasteiger partial charge in [0, 0.05) is 50.8 Å². The van der Waals surface area contributed by atoms with Crippen molar-refractivity contribution in [1.82, 2.24) is 14.9 Å². The van der Waals surface area contributed by atoms with Crippen LogP contribution in [0.3, 0.4) is 0 Å². The van der Waals surface area contributed by atoms with E-state index in [-0.39, 0.29) is 6.09 Å². The van der Waals surface area contributed by atoms with Crippen LogP contribution in [0, 0.1) is 0 Å². The fourth-order valence-corrected chi connectivity index (χ4v) is 3.66. The molecule has 0 saturated carbocycles. The number of hydrogen-bond acceptors (Lipinski definition) is 7. The monoisotopic (exact) mass is 514 g/mol. The number of methoxy groups -OCH3 is 2. The first-order valence-electron chi connectivity index (χ1n) is 10.4. The molecule has 1 amide bonds. The lowest BCUT2D eigenvalue weighted by Gasteiger charge is -2.35. The molecule has 0 atom stereocenters. The molecule has 4 rings (SSSR count). The van der Waals surface area contributed by atoms with Gasteiger partial charge in [-0.2, -0.15) is 0 Å². The Morgan fingerprint density at radius 1 is 0.909 bits per heavy atom. The predicted octanol–water partition coefficient (Wildman–Crippen LogP) is 4.40. The fourth-order valence-electron chi connectivity index (χ4n) is 3.25. The van der Waals surface area contributed by atoms with Gasteiger partial charge in [0.2, 0.25) is 0 Å². The molecule has 2 aromatic heterocycles. The number of aromatic nitrogens is 2. The van der Waals surface area contributed by atoms with E-state index < -0.39 is 0 Å². The van der Waals surface area contributed by atoms with Crippen molar-refractivity contribution in [3.63, 3.8) is 0 Å². The maximum atomic E-state index is 12.2. The Bertz CT molecular complexity index is 1010. The van der Waals surface area contributed by atoms with Crippen LogP contribution in [-0.2, 0) is 11.3 Å². The van der Waals surface area contributed by atoms with E-state index in [0.29, 0.717) is 19.7 Å².